The molecule has 0 aliphatic rings. The van der Waals surface area contributed by atoms with Crippen LogP contribution in [0.1, 0.15) is 29.1 Å². The molecule has 1 heterocycles. The Bertz CT molecular complexity index is 1070. The Labute approximate surface area is 183 Å². The van der Waals surface area contributed by atoms with E-state index in [0.717, 1.165) is 0 Å². The van der Waals surface area contributed by atoms with E-state index in [9.17, 15) is 14.0 Å². The van der Waals surface area contributed by atoms with Crippen LogP contribution >= 0.6 is 11.8 Å². The minimum absolute atomic E-state index is 0.0346. The number of para-hydroxylation sites is 1. The second kappa shape index (κ2) is 10.1. The topological polar surface area (TPSA) is 98.1 Å². The lowest BCUT2D eigenvalue weighted by atomic mass is 10.2. The van der Waals surface area contributed by atoms with Crippen molar-refractivity contribution in [3.63, 3.8) is 0 Å². The van der Waals surface area contributed by atoms with Gasteiger partial charge in [-0.25, -0.2) is 4.39 Å². The molecule has 2 amide bonds. The lowest BCUT2D eigenvalue weighted by Crippen LogP contribution is -2.28. The van der Waals surface area contributed by atoms with E-state index in [4.69, 9.17) is 4.74 Å². The van der Waals surface area contributed by atoms with Gasteiger partial charge in [0.1, 0.15) is 11.6 Å². The van der Waals surface area contributed by atoms with Crippen molar-refractivity contribution in [3.8, 4) is 5.75 Å². The van der Waals surface area contributed by atoms with E-state index in [2.05, 4.69) is 20.8 Å². The summed E-state index contributed by atoms with van der Waals surface area (Å²) in [6.07, 6.45) is 0. The molecule has 0 aliphatic heterocycles. The number of carbonyl (C=O) groups is 2. The summed E-state index contributed by atoms with van der Waals surface area (Å²) >= 11 is 1.17. The van der Waals surface area contributed by atoms with Crippen LogP contribution in [0.25, 0.3) is 0 Å². The molecular formula is C21H22FN5O3S. The van der Waals surface area contributed by atoms with Crippen LogP contribution in [0.3, 0.4) is 0 Å². The number of amides is 2. The van der Waals surface area contributed by atoms with Crippen LogP contribution in [0.2, 0.25) is 0 Å². The Morgan fingerprint density at radius 3 is 2.55 bits per heavy atom. The average molecular weight is 444 g/mol. The van der Waals surface area contributed by atoms with Gasteiger partial charge in [-0.05, 0) is 43.3 Å². The minimum Gasteiger partial charge on any atom is -0.497 e. The highest BCUT2D eigenvalue weighted by atomic mass is 32.2. The molecule has 0 spiro atoms. The van der Waals surface area contributed by atoms with Gasteiger partial charge in [0.25, 0.3) is 5.91 Å². The largest absolute Gasteiger partial charge is 0.497 e. The Hall–Kier alpha value is -3.40. The smallest absolute Gasteiger partial charge is 0.251 e. The molecule has 0 saturated heterocycles. The molecule has 2 N–H and O–H groups in total. The minimum atomic E-state index is -0.497. The van der Waals surface area contributed by atoms with Crippen LogP contribution in [-0.4, -0.2) is 39.4 Å². The molecule has 3 aromatic rings. The summed E-state index contributed by atoms with van der Waals surface area (Å²) < 4.78 is 20.4. The maximum Gasteiger partial charge on any atom is 0.251 e. The third kappa shape index (κ3) is 5.60. The van der Waals surface area contributed by atoms with Crippen LogP contribution in [-0.2, 0) is 11.8 Å². The Morgan fingerprint density at radius 1 is 1.16 bits per heavy atom. The van der Waals surface area contributed by atoms with E-state index in [0.29, 0.717) is 22.3 Å². The standard InChI is InChI=1S/C21H22FN5O3S/c1-13(23-20(29)14-8-10-15(30-3)11-9-14)19-25-26-21(27(19)2)31-12-18(28)24-17-7-5-4-6-16(17)22/h4-11,13H,12H2,1-3H3,(H,23,29)(H,24,28)/t13-/m1/s1. The molecular weight excluding hydrogens is 421 g/mol. The van der Waals surface area contributed by atoms with Gasteiger partial charge < -0.3 is 19.9 Å². The summed E-state index contributed by atoms with van der Waals surface area (Å²) in [5.41, 5.74) is 0.621. The first-order chi connectivity index (χ1) is 14.9. The van der Waals surface area contributed by atoms with Crippen molar-refractivity contribution < 1.29 is 18.7 Å². The van der Waals surface area contributed by atoms with E-state index in [-0.39, 0.29) is 23.3 Å². The summed E-state index contributed by atoms with van der Waals surface area (Å²) in [5.74, 6) is 0.130. The predicted molar refractivity (Wildman–Crippen MR) is 116 cm³/mol. The number of methoxy groups -OCH3 is 1. The molecule has 162 valence electrons. The summed E-state index contributed by atoms with van der Waals surface area (Å²) in [5, 5.41) is 14.1. The second-order valence-corrected chi connectivity index (χ2v) is 7.58. The maximum atomic E-state index is 13.6. The summed E-state index contributed by atoms with van der Waals surface area (Å²) in [6.45, 7) is 1.80. The number of hydrogen-bond acceptors (Lipinski definition) is 6. The molecule has 0 saturated carbocycles. The van der Waals surface area contributed by atoms with Crippen molar-refractivity contribution >= 4 is 29.3 Å². The molecule has 1 atom stereocenters. The molecule has 1 aromatic heterocycles. The van der Waals surface area contributed by atoms with E-state index >= 15 is 0 Å². The van der Waals surface area contributed by atoms with Gasteiger partial charge in [0.05, 0.1) is 24.6 Å². The zero-order valence-corrected chi connectivity index (χ0v) is 18.1. The van der Waals surface area contributed by atoms with Gasteiger partial charge in [0.15, 0.2) is 11.0 Å². The number of aromatic nitrogens is 3. The number of carbonyl (C=O) groups excluding carboxylic acids is 2. The van der Waals surface area contributed by atoms with Crippen molar-refractivity contribution in [1.29, 1.82) is 0 Å². The molecule has 3 rings (SSSR count). The fourth-order valence-corrected chi connectivity index (χ4v) is 3.51. The van der Waals surface area contributed by atoms with Gasteiger partial charge >= 0.3 is 0 Å². The zero-order valence-electron chi connectivity index (χ0n) is 17.3. The van der Waals surface area contributed by atoms with E-state index < -0.39 is 11.9 Å². The highest BCUT2D eigenvalue weighted by Crippen LogP contribution is 2.20. The molecule has 0 unspecified atom stereocenters. The summed E-state index contributed by atoms with van der Waals surface area (Å²) in [6, 6.07) is 12.3. The van der Waals surface area contributed by atoms with Gasteiger partial charge in [0, 0.05) is 12.6 Å². The van der Waals surface area contributed by atoms with Crippen molar-refractivity contribution in [2.24, 2.45) is 7.05 Å². The number of thioether (sulfide) groups is 1. The normalized spacial score (nSPS) is 11.6. The van der Waals surface area contributed by atoms with Gasteiger partial charge in [0.2, 0.25) is 5.91 Å². The SMILES string of the molecule is COc1ccc(C(=O)N[C@H](C)c2nnc(SCC(=O)Nc3ccccc3F)n2C)cc1. The van der Waals surface area contributed by atoms with Gasteiger partial charge in [-0.2, -0.15) is 0 Å². The van der Waals surface area contributed by atoms with Crippen LogP contribution < -0.4 is 15.4 Å². The van der Waals surface area contributed by atoms with Crippen LogP contribution in [0, 0.1) is 5.82 Å². The fraction of sp³-hybridized carbons (Fsp3) is 0.238. The third-order valence-corrected chi connectivity index (χ3v) is 5.46. The van der Waals surface area contributed by atoms with Crippen LogP contribution in [0.4, 0.5) is 10.1 Å². The number of benzene rings is 2. The monoisotopic (exact) mass is 443 g/mol. The molecule has 8 nitrogen and oxygen atoms in total. The van der Waals surface area contributed by atoms with Crippen LogP contribution in [0.5, 0.6) is 5.75 Å². The first-order valence-corrected chi connectivity index (χ1v) is 10.4. The van der Waals surface area contributed by atoms with E-state index in [1.807, 2.05) is 0 Å². The summed E-state index contributed by atoms with van der Waals surface area (Å²) in [4.78, 5) is 24.6. The Balaban J connectivity index is 1.57. The van der Waals surface area contributed by atoms with E-state index in [1.54, 1.807) is 62.0 Å². The Morgan fingerprint density at radius 2 is 1.87 bits per heavy atom. The fourth-order valence-electron chi connectivity index (χ4n) is 2.79. The number of anilines is 1. The number of halogens is 1. The van der Waals surface area contributed by atoms with Gasteiger partial charge in [-0.3, -0.25) is 9.59 Å². The van der Waals surface area contributed by atoms with Crippen molar-refractivity contribution in [2.75, 3.05) is 18.2 Å². The lowest BCUT2D eigenvalue weighted by Gasteiger charge is -2.14. The van der Waals surface area contributed by atoms with Crippen molar-refractivity contribution in [2.45, 2.75) is 18.1 Å². The average Bonchev–Trinajstić information content (AvgIpc) is 3.14. The maximum absolute atomic E-state index is 13.6. The number of nitrogens with one attached hydrogen (secondary N) is 2. The van der Waals surface area contributed by atoms with Crippen molar-refractivity contribution in [3.05, 3.63) is 65.7 Å². The first kappa shape index (κ1) is 22.3. The molecule has 0 bridgehead atoms. The molecule has 31 heavy (non-hydrogen) atoms. The third-order valence-electron chi connectivity index (χ3n) is 4.44. The lowest BCUT2D eigenvalue weighted by molar-refractivity contribution is -0.113. The Kier molecular flexibility index (Phi) is 7.24. The molecule has 0 fully saturated rings. The number of hydrogen-bond donors (Lipinski definition) is 2. The number of rotatable bonds is 8. The highest BCUT2D eigenvalue weighted by Gasteiger charge is 2.19. The van der Waals surface area contributed by atoms with Gasteiger partial charge in [-0.1, -0.05) is 23.9 Å². The number of nitrogens with zero attached hydrogens (tertiary/aromatic N) is 3. The molecule has 0 radical (unpaired) electrons. The molecule has 2 aromatic carbocycles. The van der Waals surface area contributed by atoms with E-state index in [1.165, 1.54) is 23.9 Å². The molecule has 10 heteroatoms. The quantitative estimate of drug-likeness (QED) is 0.519. The van der Waals surface area contributed by atoms with Crippen molar-refractivity contribution in [1.82, 2.24) is 20.1 Å². The predicted octanol–water partition coefficient (Wildman–Crippen LogP) is 3.18. The zero-order chi connectivity index (χ0) is 22.4. The number of ether oxygens (including phenoxy) is 1. The highest BCUT2D eigenvalue weighted by molar-refractivity contribution is 7.99. The first-order valence-electron chi connectivity index (χ1n) is 9.40. The van der Waals surface area contributed by atoms with Crippen LogP contribution in [0.15, 0.2) is 53.7 Å². The molecule has 0 aliphatic carbocycles. The van der Waals surface area contributed by atoms with Gasteiger partial charge in [-0.15, -0.1) is 10.2 Å². The summed E-state index contributed by atoms with van der Waals surface area (Å²) in [7, 11) is 3.31. The second-order valence-electron chi connectivity index (χ2n) is 6.64.